The third kappa shape index (κ3) is 3.72. The van der Waals surface area contributed by atoms with Gasteiger partial charge in [-0.2, -0.15) is 4.37 Å². The second-order valence-electron chi connectivity index (χ2n) is 5.14. The standard InChI is InChI=1S/C16H16FN3S3/c1-10(18)8-13-12(5-2-6-17)14-15(22-13)16(23-20-14)19-9-11-4-3-7-21-11/h3-4,7,10,19H,6,8-9,18H2,1H3/t10-/m0/s1. The number of rotatable bonds is 5. The number of hydrogen-bond donors (Lipinski definition) is 2. The van der Waals surface area contributed by atoms with Gasteiger partial charge in [0, 0.05) is 15.8 Å². The summed E-state index contributed by atoms with van der Waals surface area (Å²) < 4.78 is 18.1. The van der Waals surface area contributed by atoms with E-state index in [4.69, 9.17) is 5.73 Å². The van der Waals surface area contributed by atoms with Crippen molar-refractivity contribution in [1.29, 1.82) is 0 Å². The molecule has 3 aromatic rings. The second kappa shape index (κ2) is 7.41. The second-order valence-corrected chi connectivity index (χ2v) is 8.05. The molecule has 23 heavy (non-hydrogen) atoms. The number of alkyl halides is 1. The molecule has 0 fully saturated rings. The number of fused-ring (bicyclic) bond motifs is 1. The topological polar surface area (TPSA) is 50.9 Å². The van der Waals surface area contributed by atoms with E-state index in [1.165, 1.54) is 16.4 Å². The van der Waals surface area contributed by atoms with Crippen molar-refractivity contribution in [1.82, 2.24) is 4.37 Å². The molecule has 1 atom stereocenters. The molecular weight excluding hydrogens is 349 g/mol. The fourth-order valence-electron chi connectivity index (χ4n) is 2.22. The van der Waals surface area contributed by atoms with Crippen LogP contribution in [0.25, 0.3) is 10.2 Å². The van der Waals surface area contributed by atoms with E-state index in [-0.39, 0.29) is 6.04 Å². The largest absolute Gasteiger partial charge is 0.370 e. The van der Waals surface area contributed by atoms with Gasteiger partial charge in [-0.1, -0.05) is 17.9 Å². The third-order valence-electron chi connectivity index (χ3n) is 3.18. The number of anilines is 1. The highest BCUT2D eigenvalue weighted by Gasteiger charge is 2.18. The lowest BCUT2D eigenvalue weighted by atomic mass is 10.1. The van der Waals surface area contributed by atoms with Gasteiger partial charge < -0.3 is 11.1 Å². The number of nitrogens with one attached hydrogen (secondary N) is 1. The minimum Gasteiger partial charge on any atom is -0.370 e. The third-order valence-corrected chi connectivity index (χ3v) is 6.21. The van der Waals surface area contributed by atoms with Gasteiger partial charge in [0.05, 0.1) is 16.8 Å². The minimum absolute atomic E-state index is 0.0369. The summed E-state index contributed by atoms with van der Waals surface area (Å²) in [4.78, 5) is 2.36. The Hall–Kier alpha value is -1.46. The molecule has 3 rings (SSSR count). The van der Waals surface area contributed by atoms with Crippen LogP contribution in [0.5, 0.6) is 0 Å². The molecule has 0 saturated heterocycles. The van der Waals surface area contributed by atoms with E-state index in [2.05, 4.69) is 33.0 Å². The monoisotopic (exact) mass is 365 g/mol. The van der Waals surface area contributed by atoms with Crippen molar-refractivity contribution in [3.05, 3.63) is 32.8 Å². The maximum atomic E-state index is 12.4. The van der Waals surface area contributed by atoms with Gasteiger partial charge in [0.1, 0.15) is 10.5 Å². The first-order valence-electron chi connectivity index (χ1n) is 7.16. The van der Waals surface area contributed by atoms with Gasteiger partial charge in [-0.25, -0.2) is 4.39 Å². The first-order chi connectivity index (χ1) is 11.2. The summed E-state index contributed by atoms with van der Waals surface area (Å²) in [6, 6.07) is 4.18. The van der Waals surface area contributed by atoms with Gasteiger partial charge in [-0.15, -0.1) is 22.7 Å². The van der Waals surface area contributed by atoms with Gasteiger partial charge >= 0.3 is 0 Å². The van der Waals surface area contributed by atoms with Crippen LogP contribution in [0.15, 0.2) is 17.5 Å². The SMILES string of the molecule is C[C@H](N)Cc1sc2c(NCc3cccs3)snc2c1C#CCF. The molecule has 0 aromatic carbocycles. The highest BCUT2D eigenvalue weighted by atomic mass is 32.1. The van der Waals surface area contributed by atoms with E-state index >= 15 is 0 Å². The molecule has 7 heteroatoms. The Labute approximate surface area is 146 Å². The summed E-state index contributed by atoms with van der Waals surface area (Å²) in [6.45, 7) is 2.09. The lowest BCUT2D eigenvalue weighted by molar-refractivity contribution is 0.573. The highest BCUT2D eigenvalue weighted by Crippen LogP contribution is 2.39. The van der Waals surface area contributed by atoms with Crippen molar-refractivity contribution >= 4 is 49.4 Å². The van der Waals surface area contributed by atoms with Crippen LogP contribution in [-0.2, 0) is 13.0 Å². The van der Waals surface area contributed by atoms with Crippen molar-refractivity contribution in [2.75, 3.05) is 12.0 Å². The predicted octanol–water partition coefficient (Wildman–Crippen LogP) is 4.24. The lowest BCUT2D eigenvalue weighted by Crippen LogP contribution is -2.17. The zero-order valence-electron chi connectivity index (χ0n) is 12.6. The predicted molar refractivity (Wildman–Crippen MR) is 99.3 cm³/mol. The molecule has 0 spiro atoms. The first-order valence-corrected chi connectivity index (χ1v) is 9.63. The molecule has 0 aliphatic rings. The summed E-state index contributed by atoms with van der Waals surface area (Å²) in [6.07, 6.45) is 0.729. The summed E-state index contributed by atoms with van der Waals surface area (Å²) in [5, 5.41) is 6.55. The van der Waals surface area contributed by atoms with Gasteiger partial charge in [0.15, 0.2) is 6.67 Å². The Kier molecular flexibility index (Phi) is 5.28. The van der Waals surface area contributed by atoms with Crippen molar-refractivity contribution in [3.8, 4) is 11.8 Å². The smallest absolute Gasteiger partial charge is 0.150 e. The molecule has 0 amide bonds. The van der Waals surface area contributed by atoms with Crippen molar-refractivity contribution in [3.63, 3.8) is 0 Å². The van der Waals surface area contributed by atoms with E-state index < -0.39 is 6.67 Å². The molecule has 0 aliphatic carbocycles. The number of nitrogens with zero attached hydrogens (tertiary/aromatic N) is 1. The Morgan fingerprint density at radius 2 is 2.35 bits per heavy atom. The summed E-state index contributed by atoms with van der Waals surface area (Å²) >= 11 is 4.81. The number of hydrogen-bond acceptors (Lipinski definition) is 6. The fourth-order valence-corrected chi connectivity index (χ4v) is 5.09. The van der Waals surface area contributed by atoms with Crippen molar-refractivity contribution < 1.29 is 4.39 Å². The van der Waals surface area contributed by atoms with Crippen LogP contribution in [0.1, 0.15) is 22.2 Å². The Balaban J connectivity index is 1.93. The Morgan fingerprint density at radius 3 is 3.04 bits per heavy atom. The first kappa shape index (κ1) is 16.4. The normalized spacial score (nSPS) is 12.1. The Morgan fingerprint density at radius 1 is 1.48 bits per heavy atom. The number of thiophene rings is 2. The Bertz CT molecular complexity index is 837. The van der Waals surface area contributed by atoms with Crippen LogP contribution in [0, 0.1) is 11.8 Å². The summed E-state index contributed by atoms with van der Waals surface area (Å²) in [5.74, 6) is 5.44. The molecule has 3 N–H and O–H groups in total. The molecule has 120 valence electrons. The molecule has 0 aliphatic heterocycles. The van der Waals surface area contributed by atoms with Crippen LogP contribution in [-0.4, -0.2) is 17.1 Å². The molecular formula is C16H16FN3S3. The van der Waals surface area contributed by atoms with Gasteiger partial charge in [0.25, 0.3) is 0 Å². The fraction of sp³-hybridized carbons (Fsp3) is 0.312. The highest BCUT2D eigenvalue weighted by molar-refractivity contribution is 7.24. The van der Waals surface area contributed by atoms with Gasteiger partial charge in [-0.3, -0.25) is 0 Å². The molecule has 0 radical (unpaired) electrons. The molecule has 0 unspecified atom stereocenters. The molecule has 3 nitrogen and oxygen atoms in total. The van der Waals surface area contributed by atoms with Crippen molar-refractivity contribution in [2.45, 2.75) is 25.9 Å². The maximum Gasteiger partial charge on any atom is 0.150 e. The molecule has 0 bridgehead atoms. The minimum atomic E-state index is -0.650. The van der Waals surface area contributed by atoms with E-state index in [1.807, 2.05) is 13.0 Å². The van der Waals surface area contributed by atoms with Crippen LogP contribution in [0.2, 0.25) is 0 Å². The van der Waals surface area contributed by atoms with Crippen LogP contribution < -0.4 is 11.1 Å². The van der Waals surface area contributed by atoms with Crippen molar-refractivity contribution in [2.24, 2.45) is 5.73 Å². The van der Waals surface area contributed by atoms with Gasteiger partial charge in [-0.05, 0) is 36.3 Å². The summed E-state index contributed by atoms with van der Waals surface area (Å²) in [5.41, 5.74) is 7.63. The van der Waals surface area contributed by atoms with Gasteiger partial charge in [0.2, 0.25) is 0 Å². The number of halogens is 1. The molecule has 3 aromatic heterocycles. The average molecular weight is 366 g/mol. The van der Waals surface area contributed by atoms with Crippen LogP contribution in [0.4, 0.5) is 9.39 Å². The molecule has 3 heterocycles. The zero-order chi connectivity index (χ0) is 16.2. The van der Waals surface area contributed by atoms with Crippen LogP contribution >= 0.6 is 34.2 Å². The number of aromatic nitrogens is 1. The molecule has 0 saturated carbocycles. The summed E-state index contributed by atoms with van der Waals surface area (Å²) in [7, 11) is 0. The number of nitrogens with two attached hydrogens (primary N) is 1. The van der Waals surface area contributed by atoms with E-state index in [9.17, 15) is 4.39 Å². The maximum absolute atomic E-state index is 12.4. The lowest BCUT2D eigenvalue weighted by Gasteiger charge is -2.02. The van der Waals surface area contributed by atoms with Crippen LogP contribution in [0.3, 0.4) is 0 Å². The van der Waals surface area contributed by atoms with E-state index in [0.717, 1.165) is 38.6 Å². The van der Waals surface area contributed by atoms with E-state index in [1.54, 1.807) is 22.7 Å². The quantitative estimate of drug-likeness (QED) is 0.665. The zero-order valence-corrected chi connectivity index (χ0v) is 15.0. The van der Waals surface area contributed by atoms with E-state index in [0.29, 0.717) is 0 Å². The average Bonchev–Trinajstić information content (AvgIpc) is 3.20.